The van der Waals surface area contributed by atoms with E-state index in [0.717, 1.165) is 12.1 Å². The Morgan fingerprint density at radius 3 is 2.68 bits per heavy atom. The van der Waals surface area contributed by atoms with Crippen LogP contribution in [0.15, 0.2) is 36.5 Å². The number of hydrogen-bond acceptors (Lipinski definition) is 4. The second-order valence-electron chi connectivity index (χ2n) is 3.73. The van der Waals surface area contributed by atoms with Crippen LogP contribution < -0.4 is 5.32 Å². The van der Waals surface area contributed by atoms with Crippen LogP contribution in [0.2, 0.25) is 0 Å². The van der Waals surface area contributed by atoms with Crippen LogP contribution in [0.1, 0.15) is 11.3 Å². The topological polar surface area (TPSA) is 58.0 Å². The maximum absolute atomic E-state index is 12.5. The smallest absolute Gasteiger partial charge is 0.390 e. The van der Waals surface area contributed by atoms with E-state index in [1.807, 2.05) is 0 Å². The lowest BCUT2D eigenvalue weighted by atomic mass is 10.2. The van der Waals surface area contributed by atoms with Crippen molar-refractivity contribution in [2.45, 2.75) is 12.8 Å². The summed E-state index contributed by atoms with van der Waals surface area (Å²) in [6, 6.07) is 6.23. The third-order valence-electron chi connectivity index (χ3n) is 2.32. The molecule has 0 atom stereocenters. The molecule has 0 fully saturated rings. The average molecular weight is 269 g/mol. The molecule has 0 aliphatic heterocycles. The molecule has 0 bridgehead atoms. The monoisotopic (exact) mass is 269 g/mol. The van der Waals surface area contributed by atoms with E-state index in [1.54, 1.807) is 0 Å². The van der Waals surface area contributed by atoms with Gasteiger partial charge in [-0.2, -0.15) is 13.2 Å². The minimum atomic E-state index is -4.40. The third-order valence-corrected chi connectivity index (χ3v) is 2.32. The van der Waals surface area contributed by atoms with Crippen molar-refractivity contribution in [2.75, 3.05) is 5.32 Å². The minimum absolute atomic E-state index is 0.130. The van der Waals surface area contributed by atoms with E-state index in [4.69, 9.17) is 5.11 Å². The fourth-order valence-corrected chi connectivity index (χ4v) is 1.45. The number of alkyl halides is 3. The molecule has 0 aliphatic rings. The molecule has 2 N–H and O–H groups in total. The summed E-state index contributed by atoms with van der Waals surface area (Å²) >= 11 is 0. The Labute approximate surface area is 106 Å². The zero-order chi connectivity index (χ0) is 13.9. The van der Waals surface area contributed by atoms with Crippen LogP contribution in [0.25, 0.3) is 0 Å². The predicted octanol–water partition coefficient (Wildman–Crippen LogP) is 2.73. The lowest BCUT2D eigenvalue weighted by molar-refractivity contribution is -0.137. The van der Waals surface area contributed by atoms with Crippen molar-refractivity contribution >= 4 is 11.6 Å². The van der Waals surface area contributed by atoms with Gasteiger partial charge in [-0.15, -0.1) is 0 Å². The molecule has 1 aromatic heterocycles. The van der Waals surface area contributed by atoms with Gasteiger partial charge in [-0.3, -0.25) is 0 Å². The van der Waals surface area contributed by atoms with Crippen LogP contribution >= 0.6 is 0 Å². The summed E-state index contributed by atoms with van der Waals surface area (Å²) < 4.78 is 37.6. The van der Waals surface area contributed by atoms with Gasteiger partial charge in [-0.1, -0.05) is 6.07 Å². The summed E-state index contributed by atoms with van der Waals surface area (Å²) in [7, 11) is 0. The van der Waals surface area contributed by atoms with Crippen LogP contribution in [0.3, 0.4) is 0 Å². The summed E-state index contributed by atoms with van der Waals surface area (Å²) in [5, 5.41) is 11.6. The summed E-state index contributed by atoms with van der Waals surface area (Å²) in [6.07, 6.45) is -2.99. The van der Waals surface area contributed by atoms with Crippen molar-refractivity contribution in [2.24, 2.45) is 0 Å². The average Bonchev–Trinajstić information content (AvgIpc) is 2.38. The van der Waals surface area contributed by atoms with Gasteiger partial charge in [0.05, 0.1) is 17.9 Å². The lowest BCUT2D eigenvalue weighted by Gasteiger charge is -2.09. The summed E-state index contributed by atoms with van der Waals surface area (Å²) in [5.41, 5.74) is -0.148. The second kappa shape index (κ2) is 5.23. The van der Waals surface area contributed by atoms with Gasteiger partial charge in [0.1, 0.15) is 0 Å². The number of nitrogens with zero attached hydrogens (tertiary/aromatic N) is 2. The maximum Gasteiger partial charge on any atom is 0.416 e. The Morgan fingerprint density at radius 2 is 2.00 bits per heavy atom. The van der Waals surface area contributed by atoms with Crippen LogP contribution in [-0.2, 0) is 12.8 Å². The number of halogens is 3. The second-order valence-corrected chi connectivity index (χ2v) is 3.73. The molecule has 0 spiro atoms. The maximum atomic E-state index is 12.5. The quantitative estimate of drug-likeness (QED) is 0.899. The van der Waals surface area contributed by atoms with Crippen LogP contribution in [0.5, 0.6) is 0 Å². The number of aliphatic hydroxyl groups is 1. The fourth-order valence-electron chi connectivity index (χ4n) is 1.45. The number of rotatable bonds is 3. The first-order valence-electron chi connectivity index (χ1n) is 5.36. The molecule has 2 aromatic rings. The molecular weight excluding hydrogens is 259 g/mol. The molecular formula is C12H10F3N3O. The van der Waals surface area contributed by atoms with Crippen LogP contribution in [0.4, 0.5) is 24.8 Å². The van der Waals surface area contributed by atoms with Gasteiger partial charge in [0.2, 0.25) is 5.95 Å². The molecule has 100 valence electrons. The first-order chi connectivity index (χ1) is 8.99. The summed E-state index contributed by atoms with van der Waals surface area (Å²) in [6.45, 7) is -0.264. The SMILES string of the molecule is OCc1ccnc(Nc2cccc(C(F)(F)F)c2)n1. The Bertz CT molecular complexity index is 572. The number of aliphatic hydroxyl groups excluding tert-OH is 1. The van der Waals surface area contributed by atoms with Gasteiger partial charge in [0.25, 0.3) is 0 Å². The molecule has 0 saturated heterocycles. The highest BCUT2D eigenvalue weighted by Gasteiger charge is 2.30. The van der Waals surface area contributed by atoms with Crippen LogP contribution in [-0.4, -0.2) is 15.1 Å². The van der Waals surface area contributed by atoms with Gasteiger partial charge in [0.15, 0.2) is 0 Å². The Balaban J connectivity index is 2.23. The summed E-state index contributed by atoms with van der Waals surface area (Å²) in [5.74, 6) is 0.130. The molecule has 0 saturated carbocycles. The highest BCUT2D eigenvalue weighted by molar-refractivity contribution is 5.54. The van der Waals surface area contributed by atoms with E-state index in [-0.39, 0.29) is 18.2 Å². The Hall–Kier alpha value is -2.15. The van der Waals surface area contributed by atoms with Gasteiger partial charge < -0.3 is 10.4 Å². The first-order valence-corrected chi connectivity index (χ1v) is 5.36. The number of aromatic nitrogens is 2. The number of benzene rings is 1. The molecule has 0 aliphatic carbocycles. The van der Waals surface area contributed by atoms with Crippen molar-refractivity contribution in [3.63, 3.8) is 0 Å². The van der Waals surface area contributed by atoms with Crippen molar-refractivity contribution < 1.29 is 18.3 Å². The predicted molar refractivity (Wildman–Crippen MR) is 62.7 cm³/mol. The number of nitrogens with one attached hydrogen (secondary N) is 1. The van der Waals surface area contributed by atoms with Gasteiger partial charge >= 0.3 is 6.18 Å². The molecule has 4 nitrogen and oxygen atoms in total. The Morgan fingerprint density at radius 1 is 1.21 bits per heavy atom. The molecule has 0 amide bonds. The molecule has 2 rings (SSSR count). The fraction of sp³-hybridized carbons (Fsp3) is 0.167. The highest BCUT2D eigenvalue weighted by atomic mass is 19.4. The molecule has 0 unspecified atom stereocenters. The zero-order valence-electron chi connectivity index (χ0n) is 9.65. The largest absolute Gasteiger partial charge is 0.416 e. The standard InChI is InChI=1S/C12H10F3N3O/c13-12(14,15)8-2-1-3-9(6-8)17-11-16-5-4-10(7-19)18-11/h1-6,19H,7H2,(H,16,17,18). The first kappa shape index (κ1) is 13.3. The zero-order valence-corrected chi connectivity index (χ0v) is 9.65. The highest BCUT2D eigenvalue weighted by Crippen LogP contribution is 2.31. The van der Waals surface area contributed by atoms with Crippen molar-refractivity contribution in [1.82, 2.24) is 9.97 Å². The van der Waals surface area contributed by atoms with E-state index in [9.17, 15) is 13.2 Å². The molecule has 0 radical (unpaired) electrons. The van der Waals surface area contributed by atoms with Crippen LogP contribution in [0, 0.1) is 0 Å². The van der Waals surface area contributed by atoms with Gasteiger partial charge in [-0.05, 0) is 24.3 Å². The molecule has 1 aromatic carbocycles. The molecule has 19 heavy (non-hydrogen) atoms. The van der Waals surface area contributed by atoms with Crippen molar-refractivity contribution in [3.05, 3.63) is 47.8 Å². The van der Waals surface area contributed by atoms with Gasteiger partial charge in [0, 0.05) is 11.9 Å². The van der Waals surface area contributed by atoms with Gasteiger partial charge in [-0.25, -0.2) is 9.97 Å². The van der Waals surface area contributed by atoms with Crippen molar-refractivity contribution in [3.8, 4) is 0 Å². The van der Waals surface area contributed by atoms with E-state index in [2.05, 4.69) is 15.3 Å². The lowest BCUT2D eigenvalue weighted by Crippen LogP contribution is -2.06. The van der Waals surface area contributed by atoms with E-state index >= 15 is 0 Å². The number of anilines is 2. The minimum Gasteiger partial charge on any atom is -0.390 e. The van der Waals surface area contributed by atoms with E-state index in [0.29, 0.717) is 5.69 Å². The molecule has 7 heteroatoms. The third kappa shape index (κ3) is 3.41. The number of hydrogen-bond donors (Lipinski definition) is 2. The Kier molecular flexibility index (Phi) is 3.66. The summed E-state index contributed by atoms with van der Waals surface area (Å²) in [4.78, 5) is 7.78. The van der Waals surface area contributed by atoms with E-state index < -0.39 is 11.7 Å². The molecule has 1 heterocycles. The van der Waals surface area contributed by atoms with Crippen molar-refractivity contribution in [1.29, 1.82) is 0 Å². The normalized spacial score (nSPS) is 11.4. The van der Waals surface area contributed by atoms with E-state index in [1.165, 1.54) is 24.4 Å².